The molecule has 8 nitrogen and oxygen atoms in total. The van der Waals surface area contributed by atoms with Crippen LogP contribution < -0.4 is 15.6 Å². The third-order valence-corrected chi connectivity index (χ3v) is 5.44. The van der Waals surface area contributed by atoms with E-state index in [4.69, 9.17) is 4.74 Å². The first kappa shape index (κ1) is 19.7. The summed E-state index contributed by atoms with van der Waals surface area (Å²) in [7, 11) is 0. The molecule has 0 aliphatic carbocycles. The summed E-state index contributed by atoms with van der Waals surface area (Å²) in [5.74, 6) is 0.817. The van der Waals surface area contributed by atoms with E-state index < -0.39 is 0 Å². The zero-order valence-electron chi connectivity index (χ0n) is 16.4. The van der Waals surface area contributed by atoms with Gasteiger partial charge in [-0.15, -0.1) is 10.2 Å². The number of aromatic nitrogens is 4. The molecule has 2 heterocycles. The molecular weight excluding hydrogens is 402 g/mol. The lowest BCUT2D eigenvalue weighted by Gasteiger charge is -2.11. The molecule has 0 aliphatic heterocycles. The average molecular weight is 421 g/mol. The van der Waals surface area contributed by atoms with Crippen LogP contribution in [0.1, 0.15) is 23.9 Å². The molecule has 0 bridgehead atoms. The van der Waals surface area contributed by atoms with E-state index in [1.54, 1.807) is 25.1 Å². The van der Waals surface area contributed by atoms with Crippen LogP contribution in [0.25, 0.3) is 10.9 Å². The Bertz CT molecular complexity index is 1250. The second-order valence-electron chi connectivity index (χ2n) is 6.63. The highest BCUT2D eigenvalue weighted by Crippen LogP contribution is 2.26. The van der Waals surface area contributed by atoms with Gasteiger partial charge in [0, 0.05) is 0 Å². The minimum Gasteiger partial charge on any atom is -0.483 e. The molecule has 1 N–H and O–H groups in total. The largest absolute Gasteiger partial charge is 0.483 e. The fourth-order valence-electron chi connectivity index (χ4n) is 2.97. The highest BCUT2D eigenvalue weighted by Gasteiger charge is 2.16. The van der Waals surface area contributed by atoms with Crippen LogP contribution in [0.5, 0.6) is 5.75 Å². The van der Waals surface area contributed by atoms with Gasteiger partial charge in [0.25, 0.3) is 5.56 Å². The fraction of sp³-hybridized carbons (Fsp3) is 0.190. The van der Waals surface area contributed by atoms with Gasteiger partial charge in [-0.3, -0.25) is 19.5 Å². The van der Waals surface area contributed by atoms with Gasteiger partial charge in [0.1, 0.15) is 24.2 Å². The lowest BCUT2D eigenvalue weighted by atomic mass is 10.2. The van der Waals surface area contributed by atoms with Gasteiger partial charge in [-0.25, -0.2) is 4.98 Å². The Morgan fingerprint density at radius 2 is 1.87 bits per heavy atom. The van der Waals surface area contributed by atoms with Gasteiger partial charge in [-0.05, 0) is 38.1 Å². The normalized spacial score (nSPS) is 11.9. The number of nitrogens with one attached hydrogen (secondary N) is 1. The number of nitrogens with zero attached hydrogens (tertiary/aromatic N) is 4. The molecule has 1 atom stereocenters. The zero-order chi connectivity index (χ0) is 21.1. The summed E-state index contributed by atoms with van der Waals surface area (Å²) >= 11 is 1.23. The quantitative estimate of drug-likeness (QED) is 0.513. The Morgan fingerprint density at radius 1 is 1.13 bits per heavy atom. The first-order chi connectivity index (χ1) is 14.5. The Morgan fingerprint density at radius 3 is 2.67 bits per heavy atom. The van der Waals surface area contributed by atoms with Crippen LogP contribution in [0.15, 0.2) is 59.4 Å². The monoisotopic (exact) mass is 421 g/mol. The lowest BCUT2D eigenvalue weighted by molar-refractivity contribution is -0.116. The summed E-state index contributed by atoms with van der Waals surface area (Å²) < 4.78 is 7.18. The number of aryl methyl sites for hydroxylation is 1. The number of carbonyl (C=O) groups excluding carboxylic acids is 1. The standard InChI is InChI=1S/C21H19N5O3S/c1-13(29-15-8-4-3-5-9-15)19-24-25-21(30-19)23-18(27)12-26-14(2)22-17-11-7-6-10-16(17)20(26)28/h3-11,13H,12H2,1-2H3,(H,23,25,27)/t13-/m1/s1. The molecule has 0 saturated heterocycles. The predicted molar refractivity (Wildman–Crippen MR) is 115 cm³/mol. The van der Waals surface area contributed by atoms with Crippen molar-refractivity contribution in [1.82, 2.24) is 19.7 Å². The van der Waals surface area contributed by atoms with Gasteiger partial charge in [-0.1, -0.05) is 41.7 Å². The van der Waals surface area contributed by atoms with E-state index >= 15 is 0 Å². The molecule has 9 heteroatoms. The predicted octanol–water partition coefficient (Wildman–Crippen LogP) is 3.34. The molecular formula is C21H19N5O3S. The molecule has 0 unspecified atom stereocenters. The highest BCUT2D eigenvalue weighted by molar-refractivity contribution is 7.15. The van der Waals surface area contributed by atoms with Gasteiger partial charge < -0.3 is 4.74 Å². The van der Waals surface area contributed by atoms with Crippen LogP contribution in [-0.4, -0.2) is 25.7 Å². The second-order valence-corrected chi connectivity index (χ2v) is 7.64. The van der Waals surface area contributed by atoms with Crippen LogP contribution in [-0.2, 0) is 11.3 Å². The van der Waals surface area contributed by atoms with Crippen molar-refractivity contribution in [2.45, 2.75) is 26.5 Å². The minimum atomic E-state index is -0.378. The van der Waals surface area contributed by atoms with Gasteiger partial charge in [0.15, 0.2) is 5.01 Å². The number of ether oxygens (including phenoxy) is 1. The number of carbonyl (C=O) groups is 1. The van der Waals surface area contributed by atoms with E-state index in [1.807, 2.05) is 43.3 Å². The highest BCUT2D eigenvalue weighted by atomic mass is 32.1. The number of benzene rings is 2. The van der Waals surface area contributed by atoms with Crippen LogP contribution in [0, 0.1) is 6.92 Å². The Balaban J connectivity index is 1.45. The van der Waals surface area contributed by atoms with Crippen molar-refractivity contribution in [2.24, 2.45) is 0 Å². The van der Waals surface area contributed by atoms with Crippen molar-refractivity contribution < 1.29 is 9.53 Å². The molecule has 0 spiro atoms. The molecule has 0 aliphatic rings. The summed E-state index contributed by atoms with van der Waals surface area (Å²) in [5.41, 5.74) is 0.355. The molecule has 0 saturated carbocycles. The molecule has 30 heavy (non-hydrogen) atoms. The number of hydrogen-bond acceptors (Lipinski definition) is 7. The zero-order valence-corrected chi connectivity index (χ0v) is 17.2. The van der Waals surface area contributed by atoms with Gasteiger partial charge in [-0.2, -0.15) is 0 Å². The third-order valence-electron chi connectivity index (χ3n) is 4.45. The van der Waals surface area contributed by atoms with Crippen LogP contribution in [0.4, 0.5) is 5.13 Å². The second kappa shape index (κ2) is 8.42. The molecule has 2 aromatic heterocycles. The SMILES string of the molecule is Cc1nc2ccccc2c(=O)n1CC(=O)Nc1nnc([C@@H](C)Oc2ccccc2)s1. The maximum Gasteiger partial charge on any atom is 0.261 e. The van der Waals surface area contributed by atoms with Crippen LogP contribution in [0.3, 0.4) is 0 Å². The number of rotatable bonds is 6. The van der Waals surface area contributed by atoms with E-state index in [1.165, 1.54) is 15.9 Å². The van der Waals surface area contributed by atoms with E-state index in [-0.39, 0.29) is 24.1 Å². The summed E-state index contributed by atoms with van der Waals surface area (Å²) in [6, 6.07) is 16.5. The molecule has 4 aromatic rings. The van der Waals surface area contributed by atoms with Crippen molar-refractivity contribution in [2.75, 3.05) is 5.32 Å². The third kappa shape index (κ3) is 4.20. The van der Waals surface area contributed by atoms with E-state index in [9.17, 15) is 9.59 Å². The van der Waals surface area contributed by atoms with E-state index in [0.717, 1.165) is 5.75 Å². The van der Waals surface area contributed by atoms with Crippen LogP contribution >= 0.6 is 11.3 Å². The van der Waals surface area contributed by atoms with Crippen molar-refractivity contribution in [3.63, 3.8) is 0 Å². The molecule has 152 valence electrons. The molecule has 4 rings (SSSR count). The first-order valence-electron chi connectivity index (χ1n) is 9.32. The topological polar surface area (TPSA) is 99.0 Å². The average Bonchev–Trinajstić information content (AvgIpc) is 3.20. The molecule has 1 amide bonds. The molecule has 2 aromatic carbocycles. The summed E-state index contributed by atoms with van der Waals surface area (Å²) in [4.78, 5) is 29.6. The van der Waals surface area contributed by atoms with Gasteiger partial charge in [0.05, 0.1) is 10.9 Å². The maximum absolute atomic E-state index is 12.7. The number of anilines is 1. The van der Waals surface area contributed by atoms with Crippen molar-refractivity contribution in [3.05, 3.63) is 75.8 Å². The number of para-hydroxylation sites is 2. The Labute approximate surface area is 176 Å². The summed E-state index contributed by atoms with van der Waals surface area (Å²) in [6.45, 7) is 3.41. The van der Waals surface area contributed by atoms with Crippen molar-refractivity contribution >= 4 is 33.3 Å². The van der Waals surface area contributed by atoms with E-state index in [0.29, 0.717) is 26.9 Å². The lowest BCUT2D eigenvalue weighted by Crippen LogP contribution is -2.30. The summed E-state index contributed by atoms with van der Waals surface area (Å²) in [5, 5.41) is 12.3. The van der Waals surface area contributed by atoms with Gasteiger partial charge >= 0.3 is 0 Å². The van der Waals surface area contributed by atoms with E-state index in [2.05, 4.69) is 20.5 Å². The summed E-state index contributed by atoms with van der Waals surface area (Å²) in [6.07, 6.45) is -0.315. The Kier molecular flexibility index (Phi) is 5.53. The molecule has 0 fully saturated rings. The van der Waals surface area contributed by atoms with Crippen molar-refractivity contribution in [1.29, 1.82) is 0 Å². The number of fused-ring (bicyclic) bond motifs is 1. The smallest absolute Gasteiger partial charge is 0.261 e. The van der Waals surface area contributed by atoms with Crippen LogP contribution in [0.2, 0.25) is 0 Å². The maximum atomic E-state index is 12.7. The number of amides is 1. The van der Waals surface area contributed by atoms with Crippen molar-refractivity contribution in [3.8, 4) is 5.75 Å². The van der Waals surface area contributed by atoms with Gasteiger partial charge in [0.2, 0.25) is 11.0 Å². The Hall–Kier alpha value is -3.59. The molecule has 0 radical (unpaired) electrons. The first-order valence-corrected chi connectivity index (χ1v) is 10.1. The minimum absolute atomic E-state index is 0.159. The number of hydrogen-bond donors (Lipinski definition) is 1. The fourth-order valence-corrected chi connectivity index (χ4v) is 3.71.